The number of benzene rings is 1. The highest BCUT2D eigenvalue weighted by atomic mass is 16.7. The van der Waals surface area contributed by atoms with E-state index in [4.69, 9.17) is 23.7 Å². The monoisotopic (exact) mass is 835 g/mol. The molecule has 2 aromatic rings. The first-order valence-corrected chi connectivity index (χ1v) is 21.9. The van der Waals surface area contributed by atoms with Gasteiger partial charge in [0.2, 0.25) is 0 Å². The molecule has 332 valence electrons. The molecule has 0 radical (unpaired) electrons. The lowest BCUT2D eigenvalue weighted by Gasteiger charge is -2.48. The number of aliphatic hydroxyl groups excluding tert-OH is 2. The molecule has 0 spiro atoms. The largest absolute Gasteiger partial charge is 0.460 e. The van der Waals surface area contributed by atoms with Crippen LogP contribution in [-0.4, -0.2) is 145 Å². The number of ketones is 1. The molecule has 2 N–H and O–H groups in total. The zero-order valence-corrected chi connectivity index (χ0v) is 36.7. The summed E-state index contributed by atoms with van der Waals surface area (Å²) < 4.78 is 31.2. The van der Waals surface area contributed by atoms with Gasteiger partial charge < -0.3 is 43.6 Å². The number of carbonyl (C=O) groups is 3. The van der Waals surface area contributed by atoms with Gasteiger partial charge in [0.15, 0.2) is 12.1 Å². The molecule has 0 aliphatic carbocycles. The number of likely N-dealkylation sites (N-methyl/N-ethyl adjacent to an activating group) is 1. The Morgan fingerprint density at radius 2 is 1.78 bits per heavy atom. The lowest BCUT2D eigenvalue weighted by Crippen LogP contribution is -2.64. The van der Waals surface area contributed by atoms with E-state index in [0.29, 0.717) is 39.3 Å². The lowest BCUT2D eigenvalue weighted by atomic mass is 9.79. The quantitative estimate of drug-likeness (QED) is 0.157. The molecule has 0 unspecified atom stereocenters. The molecular weight excluding hydrogens is 767 g/mol. The predicted molar refractivity (Wildman–Crippen MR) is 229 cm³/mol. The van der Waals surface area contributed by atoms with Crippen molar-refractivity contribution in [1.29, 1.82) is 0 Å². The molecule has 0 bridgehead atoms. The number of unbranched alkanes of at least 4 members (excludes halogenated alkanes) is 1. The molecule has 3 aliphatic heterocycles. The molecular formula is C47H69N3O10. The van der Waals surface area contributed by atoms with Crippen LogP contribution >= 0.6 is 0 Å². The van der Waals surface area contributed by atoms with E-state index in [1.54, 1.807) is 19.1 Å². The standard InChI is InChI=1S/C47H69N3O10/c1-8-41-38(50-19-23-56-24-20-50)25-30(2)16-17-39(52)31(3)26-36(18-21-51)45(32(4)40(53)28-42(54)59-41)60-47-44(55)43(49(6)7)46(33(5)58-47)57-22-12-11-13-34-27-35-14-9-10-15-37(35)48-29-34/h9-10,14-17,21,25,27,29,31-33,36,38,40-41,43-47,53,55H,8,11-13,18-20,22-24,26,28H2,1-7H3/b17-16+,30-25+/t31-,32+,33-,36+,38+,40-,41-,43-,44-,45-,46-,47+/m1/s1. The average molecular weight is 836 g/mol. The van der Waals surface area contributed by atoms with Crippen LogP contribution in [0.5, 0.6) is 0 Å². The van der Waals surface area contributed by atoms with E-state index in [-0.39, 0.29) is 31.1 Å². The van der Waals surface area contributed by atoms with Crippen LogP contribution in [0.2, 0.25) is 0 Å². The molecule has 2 fully saturated rings. The SMILES string of the molecule is CC[C@H]1OC(=O)C[C@@H](O)[C@H](C)[C@@H](O[C@@H]2O[C@H](C)[C@@H](OCCCCc3cnc4ccccc4c3)[C@H](N(C)C)[C@H]2O)[C@@H](CC=O)C[C@@H](C)C(=O)/C=C/C(C)=C/[C@@H]1N1CCOCC1. The first kappa shape index (κ1) is 47.6. The summed E-state index contributed by atoms with van der Waals surface area (Å²) in [6.07, 6.45) is 5.27. The number of cyclic esters (lactones) is 1. The fraction of sp³-hybridized carbons (Fsp3) is 0.660. The van der Waals surface area contributed by atoms with E-state index in [0.717, 1.165) is 42.0 Å². The Hall–Kier alpha value is -3.40. The number of allylic oxidation sites excluding steroid dienone is 3. The van der Waals surface area contributed by atoms with Crippen LogP contribution in [0.3, 0.4) is 0 Å². The Bertz CT molecular complexity index is 1750. The van der Waals surface area contributed by atoms with Crippen LogP contribution in [0.15, 0.2) is 60.3 Å². The van der Waals surface area contributed by atoms with Crippen molar-refractivity contribution in [2.75, 3.05) is 47.0 Å². The number of carbonyl (C=O) groups excluding carboxylic acids is 3. The van der Waals surface area contributed by atoms with Crippen LogP contribution < -0.4 is 0 Å². The molecule has 13 nitrogen and oxygen atoms in total. The minimum Gasteiger partial charge on any atom is -0.460 e. The molecule has 12 atom stereocenters. The number of hydrogen-bond acceptors (Lipinski definition) is 13. The second-order valence-corrected chi connectivity index (χ2v) is 17.2. The number of hydrogen-bond donors (Lipinski definition) is 2. The zero-order chi connectivity index (χ0) is 43.3. The number of rotatable bonds is 13. The first-order chi connectivity index (χ1) is 28.8. The highest BCUT2D eigenvalue weighted by molar-refractivity contribution is 5.91. The second kappa shape index (κ2) is 23.2. The second-order valence-electron chi connectivity index (χ2n) is 17.2. The molecule has 0 saturated carbocycles. The van der Waals surface area contributed by atoms with Gasteiger partial charge in [-0.3, -0.25) is 19.5 Å². The minimum atomic E-state index is -1.23. The van der Waals surface area contributed by atoms with E-state index in [1.165, 1.54) is 5.56 Å². The summed E-state index contributed by atoms with van der Waals surface area (Å²) in [5.74, 6) is -2.42. The summed E-state index contributed by atoms with van der Waals surface area (Å²) in [4.78, 5) is 48.2. The van der Waals surface area contributed by atoms with Crippen LogP contribution in [0.4, 0.5) is 0 Å². The maximum Gasteiger partial charge on any atom is 0.308 e. The zero-order valence-electron chi connectivity index (χ0n) is 36.7. The number of aromatic nitrogens is 1. The van der Waals surface area contributed by atoms with Gasteiger partial charge in [-0.2, -0.15) is 0 Å². The number of fused-ring (bicyclic) bond motifs is 1. The maximum atomic E-state index is 13.6. The van der Waals surface area contributed by atoms with Crippen molar-refractivity contribution in [3.05, 3.63) is 65.9 Å². The number of aldehydes is 1. The van der Waals surface area contributed by atoms with E-state index in [2.05, 4.69) is 22.0 Å². The summed E-state index contributed by atoms with van der Waals surface area (Å²) in [6.45, 7) is 12.3. The van der Waals surface area contributed by atoms with Gasteiger partial charge in [0.25, 0.3) is 0 Å². The summed E-state index contributed by atoms with van der Waals surface area (Å²) >= 11 is 0. The number of pyridine rings is 1. The van der Waals surface area contributed by atoms with Gasteiger partial charge in [0, 0.05) is 49.5 Å². The maximum absolute atomic E-state index is 13.6. The van der Waals surface area contributed by atoms with Crippen molar-refractivity contribution in [3.8, 4) is 0 Å². The number of para-hydroxylation sites is 1. The Kier molecular flexibility index (Phi) is 18.4. The Morgan fingerprint density at radius 1 is 1.03 bits per heavy atom. The van der Waals surface area contributed by atoms with Gasteiger partial charge in [-0.25, -0.2) is 0 Å². The number of nitrogens with zero attached hydrogens (tertiary/aromatic N) is 3. The molecule has 4 heterocycles. The molecule has 3 aliphatic rings. The highest BCUT2D eigenvalue weighted by Crippen LogP contribution is 2.35. The third-order valence-electron chi connectivity index (χ3n) is 12.5. The molecule has 5 rings (SSSR count). The Balaban J connectivity index is 1.31. The van der Waals surface area contributed by atoms with Gasteiger partial charge >= 0.3 is 5.97 Å². The fourth-order valence-electron chi connectivity index (χ4n) is 8.94. The third-order valence-corrected chi connectivity index (χ3v) is 12.5. The molecule has 1 aromatic heterocycles. The van der Waals surface area contributed by atoms with Crippen LogP contribution in [0.1, 0.15) is 78.7 Å². The van der Waals surface area contributed by atoms with Gasteiger partial charge in [0.1, 0.15) is 24.6 Å². The smallest absolute Gasteiger partial charge is 0.308 e. The van der Waals surface area contributed by atoms with Crippen molar-refractivity contribution in [2.45, 2.75) is 135 Å². The van der Waals surface area contributed by atoms with Crippen molar-refractivity contribution in [3.63, 3.8) is 0 Å². The van der Waals surface area contributed by atoms with Crippen molar-refractivity contribution in [1.82, 2.24) is 14.8 Å². The highest BCUT2D eigenvalue weighted by Gasteiger charge is 2.48. The van der Waals surface area contributed by atoms with E-state index < -0.39 is 72.7 Å². The molecule has 2 saturated heterocycles. The van der Waals surface area contributed by atoms with Gasteiger partial charge in [-0.1, -0.05) is 56.7 Å². The van der Waals surface area contributed by atoms with Crippen molar-refractivity contribution >= 4 is 28.9 Å². The normalized spacial score (nSPS) is 34.5. The van der Waals surface area contributed by atoms with Crippen molar-refractivity contribution in [2.24, 2.45) is 17.8 Å². The Labute approximate surface area is 356 Å². The number of ether oxygens (including phenoxy) is 5. The van der Waals surface area contributed by atoms with Crippen LogP contribution in [-0.2, 0) is 44.5 Å². The molecule has 1 aromatic carbocycles. The van der Waals surface area contributed by atoms with Crippen LogP contribution in [0, 0.1) is 17.8 Å². The van der Waals surface area contributed by atoms with Gasteiger partial charge in [-0.15, -0.1) is 0 Å². The predicted octanol–water partition coefficient (Wildman–Crippen LogP) is 5.09. The summed E-state index contributed by atoms with van der Waals surface area (Å²) in [6, 6.07) is 9.48. The fourth-order valence-corrected chi connectivity index (χ4v) is 8.94. The van der Waals surface area contributed by atoms with E-state index in [1.807, 2.05) is 77.2 Å². The molecule has 60 heavy (non-hydrogen) atoms. The number of morpholine rings is 1. The average Bonchev–Trinajstić information content (AvgIpc) is 3.23. The van der Waals surface area contributed by atoms with Gasteiger partial charge in [-0.05, 0) is 89.7 Å². The summed E-state index contributed by atoms with van der Waals surface area (Å²) in [7, 11) is 3.74. The van der Waals surface area contributed by atoms with Crippen molar-refractivity contribution < 1.29 is 48.3 Å². The topological polar surface area (TPSA) is 157 Å². The minimum absolute atomic E-state index is 0.0298. The van der Waals surface area contributed by atoms with E-state index in [9.17, 15) is 24.6 Å². The third kappa shape index (κ3) is 12.8. The molecule has 0 amide bonds. The summed E-state index contributed by atoms with van der Waals surface area (Å²) in [5.41, 5.74) is 2.99. The number of aliphatic hydroxyl groups is 2. The lowest BCUT2D eigenvalue weighted by molar-refractivity contribution is -0.309. The Morgan fingerprint density at radius 3 is 2.50 bits per heavy atom. The van der Waals surface area contributed by atoms with Crippen LogP contribution in [0.25, 0.3) is 10.9 Å². The first-order valence-electron chi connectivity index (χ1n) is 21.9. The number of esters is 1. The molecule has 13 heteroatoms. The van der Waals surface area contributed by atoms with Gasteiger partial charge in [0.05, 0.1) is 55.5 Å². The number of aryl methyl sites for hydroxylation is 1. The van der Waals surface area contributed by atoms with E-state index >= 15 is 0 Å². The summed E-state index contributed by atoms with van der Waals surface area (Å²) in [5, 5.41) is 24.8.